The van der Waals surface area contributed by atoms with Crippen molar-refractivity contribution in [3.63, 3.8) is 0 Å². The van der Waals surface area contributed by atoms with Gasteiger partial charge in [-0.25, -0.2) is 0 Å². The van der Waals surface area contributed by atoms with Gasteiger partial charge in [0.05, 0.1) is 34.7 Å². The number of anilines is 1. The zero-order valence-corrected chi connectivity index (χ0v) is 18.9. The van der Waals surface area contributed by atoms with Gasteiger partial charge in [-0.3, -0.25) is 0 Å². The number of azo groups is 1. The third kappa shape index (κ3) is 4.03. The Bertz CT molecular complexity index is 1120. The number of rotatable bonds is 4. The Hall–Kier alpha value is -2.53. The summed E-state index contributed by atoms with van der Waals surface area (Å²) < 4.78 is 6.19. The van der Waals surface area contributed by atoms with E-state index in [4.69, 9.17) is 16.3 Å². The number of nitrogens with one attached hydrogen (secondary N) is 1. The quantitative estimate of drug-likeness (QED) is 0.744. The largest absolute Gasteiger partial charge is 0.490 e. The molecule has 3 aliphatic rings. The van der Waals surface area contributed by atoms with Crippen molar-refractivity contribution in [2.75, 3.05) is 11.4 Å². The van der Waals surface area contributed by atoms with Crippen LogP contribution in [0.2, 0.25) is 0 Å². The fourth-order valence-corrected chi connectivity index (χ4v) is 5.14. The normalized spacial score (nSPS) is 23.0. The molecule has 1 aromatic carbocycles. The molecule has 3 heterocycles. The molecule has 1 N–H and O–H groups in total. The first-order chi connectivity index (χ1) is 15.1. The van der Waals surface area contributed by atoms with E-state index in [0.717, 1.165) is 59.4 Å². The maximum absolute atomic E-state index is 6.44. The van der Waals surface area contributed by atoms with Gasteiger partial charge in [0.15, 0.2) is 0 Å². The molecule has 0 atom stereocenters. The fraction of sp³-hybridized carbons (Fsp3) is 0.440. The second-order valence-corrected chi connectivity index (χ2v) is 9.35. The molecule has 1 aliphatic carbocycles. The lowest BCUT2D eigenvalue weighted by molar-refractivity contribution is 0.142. The van der Waals surface area contributed by atoms with Crippen molar-refractivity contribution >= 4 is 29.1 Å². The molecule has 1 fully saturated rings. The summed E-state index contributed by atoms with van der Waals surface area (Å²) in [6.45, 7) is 5.86. The van der Waals surface area contributed by atoms with Gasteiger partial charge in [0.1, 0.15) is 5.75 Å². The molecular weight excluding hydrogens is 408 g/mol. The average Bonchev–Trinajstić information content (AvgIpc) is 3.03. The summed E-state index contributed by atoms with van der Waals surface area (Å²) in [5.41, 5.74) is 3.59. The van der Waals surface area contributed by atoms with Crippen LogP contribution < -0.4 is 20.3 Å². The van der Waals surface area contributed by atoms with Crippen molar-refractivity contribution in [3.05, 3.63) is 57.7 Å². The summed E-state index contributed by atoms with van der Waals surface area (Å²) in [6.07, 6.45) is 8.58. The van der Waals surface area contributed by atoms with Crippen LogP contribution in [-0.4, -0.2) is 23.7 Å². The zero-order valence-electron chi connectivity index (χ0n) is 18.1. The van der Waals surface area contributed by atoms with E-state index < -0.39 is 0 Å². The van der Waals surface area contributed by atoms with E-state index in [1.165, 1.54) is 11.3 Å². The van der Waals surface area contributed by atoms with Crippen LogP contribution in [0.3, 0.4) is 0 Å². The predicted octanol–water partition coefficient (Wildman–Crippen LogP) is 4.86. The predicted molar refractivity (Wildman–Crippen MR) is 126 cm³/mol. The van der Waals surface area contributed by atoms with Gasteiger partial charge in [-0.15, -0.1) is 0 Å². The number of aromatic nitrogens is 1. The summed E-state index contributed by atoms with van der Waals surface area (Å²) in [6, 6.07) is 10.5. The number of H-pyrrole nitrogens is 1. The Morgan fingerprint density at radius 2 is 1.90 bits per heavy atom. The van der Waals surface area contributed by atoms with Gasteiger partial charge < -0.3 is 14.6 Å². The highest BCUT2D eigenvalue weighted by molar-refractivity contribution is 6.34. The van der Waals surface area contributed by atoms with Crippen LogP contribution in [0.4, 0.5) is 5.69 Å². The zero-order chi connectivity index (χ0) is 21.4. The molecule has 1 saturated carbocycles. The molecule has 0 saturated heterocycles. The Balaban J connectivity index is 1.44. The van der Waals surface area contributed by atoms with Gasteiger partial charge in [-0.1, -0.05) is 29.8 Å². The molecule has 0 bridgehead atoms. The highest BCUT2D eigenvalue weighted by atomic mass is 35.5. The van der Waals surface area contributed by atoms with Crippen molar-refractivity contribution in [2.45, 2.75) is 58.2 Å². The number of hydrogen-bond acceptors (Lipinski definition) is 4. The topological polar surface area (TPSA) is 53.0 Å². The molecular formula is C25H29ClN4O. The first kappa shape index (κ1) is 20.4. The average molecular weight is 437 g/mol. The van der Waals surface area contributed by atoms with E-state index in [2.05, 4.69) is 40.0 Å². The third-order valence-corrected chi connectivity index (χ3v) is 6.81. The Kier molecular flexibility index (Phi) is 5.61. The van der Waals surface area contributed by atoms with Gasteiger partial charge in [-0.05, 0) is 63.8 Å². The highest BCUT2D eigenvalue weighted by Gasteiger charge is 2.29. The SMILES string of the molecule is CC(C)N1CC=C(Cl)C=c2[nH]c3c(c21)CN=NC=3C1CCC(Oc2ccccc2)CC1. The van der Waals surface area contributed by atoms with E-state index in [0.29, 0.717) is 18.5 Å². The van der Waals surface area contributed by atoms with Gasteiger partial charge in [0, 0.05) is 29.1 Å². The van der Waals surface area contributed by atoms with E-state index in [-0.39, 0.29) is 6.10 Å². The van der Waals surface area contributed by atoms with Crippen LogP contribution in [-0.2, 0) is 6.54 Å². The smallest absolute Gasteiger partial charge is 0.119 e. The standard InChI is InChI=1S/C25H29ClN4O/c1-16(2)30-13-12-18(26)14-22-25(30)21-15-27-29-23(24(21)28-22)17-8-10-20(11-9-17)31-19-6-4-3-5-7-19/h3-7,12,14,16-17,20,28H,8-11,13,15H2,1-2H3. The monoisotopic (exact) mass is 436 g/mol. The minimum absolute atomic E-state index is 0.272. The molecule has 5 rings (SSSR count). The van der Waals surface area contributed by atoms with Crippen LogP contribution in [0.15, 0.2) is 51.7 Å². The van der Waals surface area contributed by atoms with Crippen LogP contribution in [0.5, 0.6) is 5.75 Å². The molecule has 31 heavy (non-hydrogen) atoms. The number of hydrogen-bond donors (Lipinski definition) is 1. The molecule has 0 spiro atoms. The molecule has 0 amide bonds. The van der Waals surface area contributed by atoms with Crippen LogP contribution >= 0.6 is 11.6 Å². The van der Waals surface area contributed by atoms with Crippen molar-refractivity contribution in [1.29, 1.82) is 0 Å². The van der Waals surface area contributed by atoms with Gasteiger partial charge in [-0.2, -0.15) is 10.2 Å². The first-order valence-electron chi connectivity index (χ1n) is 11.3. The first-order valence-corrected chi connectivity index (χ1v) is 11.7. The third-order valence-electron chi connectivity index (χ3n) is 6.55. The van der Waals surface area contributed by atoms with E-state index in [9.17, 15) is 0 Å². The minimum atomic E-state index is 0.272. The summed E-state index contributed by atoms with van der Waals surface area (Å²) in [7, 11) is 0. The van der Waals surface area contributed by atoms with Crippen molar-refractivity contribution < 1.29 is 4.74 Å². The Labute approximate surface area is 188 Å². The van der Waals surface area contributed by atoms with Crippen LogP contribution in [0.1, 0.15) is 45.1 Å². The molecule has 0 unspecified atom stereocenters. The fourth-order valence-electron chi connectivity index (χ4n) is 4.96. The van der Waals surface area contributed by atoms with E-state index in [1.807, 2.05) is 36.4 Å². The number of fused-ring (bicyclic) bond motifs is 3. The van der Waals surface area contributed by atoms with Gasteiger partial charge in [0.25, 0.3) is 0 Å². The molecule has 2 aromatic rings. The minimum Gasteiger partial charge on any atom is -0.490 e. The van der Waals surface area contributed by atoms with Crippen LogP contribution in [0, 0.1) is 5.92 Å². The number of nitrogens with zero attached hydrogens (tertiary/aromatic N) is 3. The second-order valence-electron chi connectivity index (χ2n) is 8.91. The summed E-state index contributed by atoms with van der Waals surface area (Å²) in [5, 5.41) is 12.2. The van der Waals surface area contributed by atoms with Crippen LogP contribution in [0.25, 0.3) is 11.8 Å². The van der Waals surface area contributed by atoms with E-state index >= 15 is 0 Å². The van der Waals surface area contributed by atoms with Gasteiger partial charge in [0.2, 0.25) is 0 Å². The molecule has 5 nitrogen and oxygen atoms in total. The number of allylic oxidation sites excluding steroid dienone is 1. The number of ether oxygens (including phenoxy) is 1. The lowest BCUT2D eigenvalue weighted by Gasteiger charge is -2.30. The maximum Gasteiger partial charge on any atom is 0.119 e. The molecule has 0 radical (unpaired) electrons. The van der Waals surface area contributed by atoms with Crippen molar-refractivity contribution in [1.82, 2.24) is 4.98 Å². The summed E-state index contributed by atoms with van der Waals surface area (Å²) in [5.74, 6) is 1.36. The molecule has 2 aliphatic heterocycles. The maximum atomic E-state index is 6.44. The number of para-hydroxylation sites is 1. The highest BCUT2D eigenvalue weighted by Crippen LogP contribution is 2.35. The van der Waals surface area contributed by atoms with E-state index in [1.54, 1.807) is 0 Å². The number of aromatic amines is 1. The number of benzene rings is 1. The Morgan fingerprint density at radius 1 is 1.13 bits per heavy atom. The molecule has 6 heteroatoms. The summed E-state index contributed by atoms with van der Waals surface area (Å²) >= 11 is 6.44. The van der Waals surface area contributed by atoms with Crippen molar-refractivity contribution in [2.24, 2.45) is 16.1 Å². The Morgan fingerprint density at radius 3 is 2.65 bits per heavy atom. The molecule has 1 aromatic heterocycles. The second kappa shape index (κ2) is 8.54. The lowest BCUT2D eigenvalue weighted by atomic mass is 9.84. The van der Waals surface area contributed by atoms with Crippen molar-refractivity contribution in [3.8, 4) is 5.75 Å². The lowest BCUT2D eigenvalue weighted by Crippen LogP contribution is -2.34. The van der Waals surface area contributed by atoms with Gasteiger partial charge >= 0.3 is 0 Å². The molecule has 162 valence electrons. The summed E-state index contributed by atoms with van der Waals surface area (Å²) in [4.78, 5) is 6.07. The number of halogens is 1.